The quantitative estimate of drug-likeness (QED) is 0.671. The Balaban J connectivity index is 1.66. The van der Waals surface area contributed by atoms with Crippen molar-refractivity contribution in [1.82, 2.24) is 5.32 Å². The van der Waals surface area contributed by atoms with Crippen molar-refractivity contribution in [1.29, 1.82) is 0 Å². The highest BCUT2D eigenvalue weighted by molar-refractivity contribution is 5.07. The molecule has 0 amide bonds. The van der Waals surface area contributed by atoms with Gasteiger partial charge in [-0.1, -0.05) is 11.6 Å². The van der Waals surface area contributed by atoms with Gasteiger partial charge < -0.3 is 15.8 Å². The van der Waals surface area contributed by atoms with Crippen LogP contribution in [-0.4, -0.2) is 32.3 Å². The van der Waals surface area contributed by atoms with Crippen LogP contribution in [0.2, 0.25) is 0 Å². The third-order valence-corrected chi connectivity index (χ3v) is 3.78. The van der Waals surface area contributed by atoms with E-state index < -0.39 is 0 Å². The number of nitrogens with one attached hydrogen (secondary N) is 1. The first-order valence-electron chi connectivity index (χ1n) is 6.59. The molecule has 1 saturated heterocycles. The molecule has 2 unspecified atom stereocenters. The predicted octanol–water partition coefficient (Wildman–Crippen LogP) is 1.44. The summed E-state index contributed by atoms with van der Waals surface area (Å²) >= 11 is 0. The van der Waals surface area contributed by atoms with Crippen molar-refractivity contribution in [2.45, 2.75) is 38.1 Å². The fourth-order valence-electron chi connectivity index (χ4n) is 2.70. The highest BCUT2D eigenvalue weighted by atomic mass is 16.5. The summed E-state index contributed by atoms with van der Waals surface area (Å²) in [6.07, 6.45) is 8.71. The molecule has 3 N–H and O–H groups in total. The molecule has 2 rings (SSSR count). The molecule has 3 heteroatoms. The van der Waals surface area contributed by atoms with Crippen LogP contribution in [0.25, 0.3) is 0 Å². The monoisotopic (exact) mass is 224 g/mol. The lowest BCUT2D eigenvalue weighted by molar-refractivity contribution is 0.177. The minimum absolute atomic E-state index is 0.449. The van der Waals surface area contributed by atoms with Crippen molar-refractivity contribution in [3.63, 3.8) is 0 Å². The number of rotatable bonds is 6. The van der Waals surface area contributed by atoms with Gasteiger partial charge in [0.25, 0.3) is 0 Å². The lowest BCUT2D eigenvalue weighted by Gasteiger charge is -2.22. The largest absolute Gasteiger partial charge is 0.381 e. The maximum absolute atomic E-state index is 5.81. The van der Waals surface area contributed by atoms with E-state index in [1.807, 2.05) is 0 Å². The van der Waals surface area contributed by atoms with Crippen LogP contribution in [0.3, 0.4) is 0 Å². The van der Waals surface area contributed by atoms with E-state index in [1.165, 1.54) is 25.7 Å². The lowest BCUT2D eigenvalue weighted by Crippen LogP contribution is -2.43. The summed E-state index contributed by atoms with van der Waals surface area (Å²) in [4.78, 5) is 0. The minimum atomic E-state index is 0.449. The van der Waals surface area contributed by atoms with E-state index in [9.17, 15) is 0 Å². The summed E-state index contributed by atoms with van der Waals surface area (Å²) in [5.41, 5.74) is 7.44. The van der Waals surface area contributed by atoms with Crippen molar-refractivity contribution >= 4 is 0 Å². The van der Waals surface area contributed by atoms with Gasteiger partial charge in [0.15, 0.2) is 0 Å². The molecule has 0 radical (unpaired) electrons. The fourth-order valence-corrected chi connectivity index (χ4v) is 2.70. The van der Waals surface area contributed by atoms with E-state index >= 15 is 0 Å². The van der Waals surface area contributed by atoms with Gasteiger partial charge in [-0.05, 0) is 38.6 Å². The molecular formula is C13H24N2O. The molecule has 16 heavy (non-hydrogen) atoms. The molecule has 0 aromatic rings. The summed E-state index contributed by atoms with van der Waals surface area (Å²) in [6, 6.07) is 0.449. The number of hydrogen-bond donors (Lipinski definition) is 2. The Hall–Kier alpha value is -0.380. The van der Waals surface area contributed by atoms with Crippen molar-refractivity contribution in [3.05, 3.63) is 11.6 Å². The van der Waals surface area contributed by atoms with Crippen LogP contribution in [0.5, 0.6) is 0 Å². The average Bonchev–Trinajstić information content (AvgIpc) is 2.96. The van der Waals surface area contributed by atoms with Crippen LogP contribution in [0, 0.1) is 5.92 Å². The van der Waals surface area contributed by atoms with Crippen molar-refractivity contribution in [2.75, 3.05) is 26.3 Å². The first-order valence-corrected chi connectivity index (χ1v) is 6.59. The minimum Gasteiger partial charge on any atom is -0.381 e. The Bertz CT molecular complexity index is 234. The lowest BCUT2D eigenvalue weighted by atomic mass is 9.99. The Morgan fingerprint density at radius 2 is 2.50 bits per heavy atom. The van der Waals surface area contributed by atoms with Gasteiger partial charge in [0, 0.05) is 25.1 Å². The van der Waals surface area contributed by atoms with Gasteiger partial charge in [-0.2, -0.15) is 0 Å². The van der Waals surface area contributed by atoms with Gasteiger partial charge >= 0.3 is 0 Å². The van der Waals surface area contributed by atoms with E-state index in [0.717, 1.165) is 32.7 Å². The number of hydrogen-bond acceptors (Lipinski definition) is 3. The topological polar surface area (TPSA) is 47.3 Å². The predicted molar refractivity (Wildman–Crippen MR) is 66.3 cm³/mol. The van der Waals surface area contributed by atoms with Gasteiger partial charge in [-0.15, -0.1) is 0 Å². The first-order chi connectivity index (χ1) is 7.90. The van der Waals surface area contributed by atoms with E-state index in [1.54, 1.807) is 5.57 Å². The van der Waals surface area contributed by atoms with Crippen LogP contribution >= 0.6 is 0 Å². The normalized spacial score (nSPS) is 27.1. The van der Waals surface area contributed by atoms with Crippen molar-refractivity contribution in [2.24, 2.45) is 11.7 Å². The maximum atomic E-state index is 5.81. The molecule has 1 aliphatic heterocycles. The first kappa shape index (κ1) is 12.1. The molecule has 0 saturated carbocycles. The molecule has 92 valence electrons. The highest BCUT2D eigenvalue weighted by Gasteiger charge is 2.24. The molecule has 1 fully saturated rings. The molecule has 0 bridgehead atoms. The zero-order valence-electron chi connectivity index (χ0n) is 10.1. The van der Waals surface area contributed by atoms with Crippen LogP contribution in [-0.2, 0) is 4.74 Å². The van der Waals surface area contributed by atoms with E-state index in [2.05, 4.69) is 11.4 Å². The van der Waals surface area contributed by atoms with Crippen molar-refractivity contribution in [3.8, 4) is 0 Å². The van der Waals surface area contributed by atoms with E-state index in [4.69, 9.17) is 10.5 Å². The third kappa shape index (κ3) is 3.30. The number of allylic oxidation sites excluding steroid dienone is 1. The number of ether oxygens (including phenoxy) is 1. The zero-order valence-corrected chi connectivity index (χ0v) is 10.1. The molecule has 2 atom stereocenters. The van der Waals surface area contributed by atoms with Crippen LogP contribution < -0.4 is 11.1 Å². The van der Waals surface area contributed by atoms with Crippen molar-refractivity contribution < 1.29 is 4.74 Å². The van der Waals surface area contributed by atoms with Crippen LogP contribution in [0.1, 0.15) is 32.1 Å². The van der Waals surface area contributed by atoms with E-state index in [-0.39, 0.29) is 0 Å². The summed E-state index contributed by atoms with van der Waals surface area (Å²) in [5, 5.41) is 3.59. The fraction of sp³-hybridized carbons (Fsp3) is 0.846. The van der Waals surface area contributed by atoms with Gasteiger partial charge in [-0.25, -0.2) is 0 Å². The van der Waals surface area contributed by atoms with Gasteiger partial charge in [0.2, 0.25) is 0 Å². The smallest absolute Gasteiger partial charge is 0.0510 e. The zero-order chi connectivity index (χ0) is 11.2. The standard InChI is InChI=1S/C13H24N2O/c14-9-13(12-6-8-16-10-12)15-7-5-11-3-1-2-4-11/h3,12-13,15H,1-2,4-10,14H2. The number of nitrogens with two attached hydrogens (primary N) is 1. The molecule has 0 spiro atoms. The molecule has 0 aromatic heterocycles. The Kier molecular flexibility index (Phi) is 4.82. The molecule has 3 nitrogen and oxygen atoms in total. The molecule has 1 aliphatic carbocycles. The summed E-state index contributed by atoms with van der Waals surface area (Å²) in [5.74, 6) is 0.627. The molecule has 0 aromatic carbocycles. The Morgan fingerprint density at radius 3 is 3.12 bits per heavy atom. The second kappa shape index (κ2) is 6.38. The van der Waals surface area contributed by atoms with Crippen LogP contribution in [0.15, 0.2) is 11.6 Å². The summed E-state index contributed by atoms with van der Waals surface area (Å²) in [7, 11) is 0. The van der Waals surface area contributed by atoms with Crippen LogP contribution in [0.4, 0.5) is 0 Å². The second-order valence-corrected chi connectivity index (χ2v) is 4.92. The second-order valence-electron chi connectivity index (χ2n) is 4.92. The summed E-state index contributed by atoms with van der Waals surface area (Å²) < 4.78 is 5.41. The highest BCUT2D eigenvalue weighted by Crippen LogP contribution is 2.20. The molecule has 1 heterocycles. The van der Waals surface area contributed by atoms with Gasteiger partial charge in [0.05, 0.1) is 6.61 Å². The molecule has 2 aliphatic rings. The summed E-state index contributed by atoms with van der Waals surface area (Å²) in [6.45, 7) is 3.60. The molecular weight excluding hydrogens is 200 g/mol. The Morgan fingerprint density at radius 1 is 1.56 bits per heavy atom. The average molecular weight is 224 g/mol. The third-order valence-electron chi connectivity index (χ3n) is 3.78. The van der Waals surface area contributed by atoms with E-state index in [0.29, 0.717) is 12.0 Å². The SMILES string of the molecule is NCC(NCCC1=CCCC1)C1CCOC1. The van der Waals surface area contributed by atoms with Gasteiger partial charge in [-0.3, -0.25) is 0 Å². The van der Waals surface area contributed by atoms with Gasteiger partial charge in [0.1, 0.15) is 0 Å². The Labute approximate surface area is 98.4 Å². The maximum Gasteiger partial charge on any atom is 0.0510 e.